The Bertz CT molecular complexity index is 872. The molecule has 1 N–H and O–H groups in total. The second kappa shape index (κ2) is 8.02. The first-order chi connectivity index (χ1) is 13.7. The van der Waals surface area contributed by atoms with Gasteiger partial charge in [0.15, 0.2) is 0 Å². The molecule has 3 amide bonds. The molecule has 9 heteroatoms. The van der Waals surface area contributed by atoms with Crippen LogP contribution in [-0.2, 0) is 10.3 Å². The van der Waals surface area contributed by atoms with Gasteiger partial charge in [-0.05, 0) is 43.2 Å². The van der Waals surface area contributed by atoms with Crippen LogP contribution in [0.2, 0.25) is 0 Å². The number of nitrogens with zero attached hydrogens (tertiary/aromatic N) is 1. The van der Waals surface area contributed by atoms with Gasteiger partial charge >= 0.3 is 12.4 Å². The van der Waals surface area contributed by atoms with Gasteiger partial charge in [0, 0.05) is 6.54 Å². The molecular weight excluding hydrogens is 389 g/mol. The van der Waals surface area contributed by atoms with Crippen LogP contribution in [0.1, 0.15) is 18.9 Å². The molecule has 1 heterocycles. The molecule has 1 aliphatic heterocycles. The Hall–Kier alpha value is -3.23. The van der Waals surface area contributed by atoms with Crippen LogP contribution < -0.4 is 14.8 Å². The summed E-state index contributed by atoms with van der Waals surface area (Å²) in [5.41, 5.74) is -1.01. The normalized spacial score (nSPS) is 19.2. The van der Waals surface area contributed by atoms with Crippen molar-refractivity contribution in [1.82, 2.24) is 10.2 Å². The summed E-state index contributed by atoms with van der Waals surface area (Å²) < 4.78 is 46.2. The molecule has 0 spiro atoms. The maximum Gasteiger partial charge on any atom is 0.573 e. The summed E-state index contributed by atoms with van der Waals surface area (Å²) in [6.45, 7) is 1.98. The van der Waals surface area contributed by atoms with E-state index in [0.717, 1.165) is 17.0 Å². The molecule has 0 aliphatic carbocycles. The molecule has 1 unspecified atom stereocenters. The third-order valence-electron chi connectivity index (χ3n) is 4.48. The van der Waals surface area contributed by atoms with Crippen LogP contribution >= 0.6 is 0 Å². The fourth-order valence-electron chi connectivity index (χ4n) is 3.02. The van der Waals surface area contributed by atoms with Crippen molar-refractivity contribution in [2.45, 2.75) is 25.2 Å². The van der Waals surface area contributed by atoms with Gasteiger partial charge in [-0.3, -0.25) is 9.69 Å². The summed E-state index contributed by atoms with van der Waals surface area (Å²) in [5.74, 6) is -0.195. The van der Waals surface area contributed by atoms with Crippen LogP contribution in [0.25, 0.3) is 0 Å². The third-order valence-corrected chi connectivity index (χ3v) is 4.48. The number of nitrogens with one attached hydrogen (secondary N) is 1. The first-order valence-electron chi connectivity index (χ1n) is 8.87. The van der Waals surface area contributed by atoms with Crippen LogP contribution in [0.5, 0.6) is 11.5 Å². The van der Waals surface area contributed by atoms with E-state index < -0.39 is 29.6 Å². The van der Waals surface area contributed by atoms with Crippen LogP contribution in [0, 0.1) is 0 Å². The van der Waals surface area contributed by atoms with Crippen molar-refractivity contribution >= 4 is 11.9 Å². The average Bonchev–Trinajstić information content (AvgIpc) is 2.89. The lowest BCUT2D eigenvalue weighted by molar-refractivity contribution is -0.274. The van der Waals surface area contributed by atoms with E-state index in [0.29, 0.717) is 24.3 Å². The first-order valence-corrected chi connectivity index (χ1v) is 8.87. The number of halogens is 3. The largest absolute Gasteiger partial charge is 0.573 e. The van der Waals surface area contributed by atoms with Crippen molar-refractivity contribution < 1.29 is 32.2 Å². The van der Waals surface area contributed by atoms with E-state index in [4.69, 9.17) is 4.74 Å². The number of benzene rings is 2. The van der Waals surface area contributed by atoms with Crippen molar-refractivity contribution in [2.24, 2.45) is 0 Å². The summed E-state index contributed by atoms with van der Waals surface area (Å²) >= 11 is 0. The zero-order valence-corrected chi connectivity index (χ0v) is 15.5. The Balaban J connectivity index is 1.61. The van der Waals surface area contributed by atoms with E-state index in [1.165, 1.54) is 19.1 Å². The molecule has 0 saturated carbocycles. The van der Waals surface area contributed by atoms with Crippen molar-refractivity contribution in [1.29, 1.82) is 0 Å². The van der Waals surface area contributed by atoms with Crippen molar-refractivity contribution in [2.75, 3.05) is 13.2 Å². The highest BCUT2D eigenvalue weighted by Gasteiger charge is 2.48. The molecule has 29 heavy (non-hydrogen) atoms. The Morgan fingerprint density at radius 1 is 1.00 bits per heavy atom. The van der Waals surface area contributed by atoms with E-state index in [2.05, 4.69) is 10.1 Å². The first kappa shape index (κ1) is 20.5. The van der Waals surface area contributed by atoms with Crippen LogP contribution in [0.15, 0.2) is 54.6 Å². The summed E-state index contributed by atoms with van der Waals surface area (Å²) in [6.07, 6.45) is -4.37. The molecule has 0 radical (unpaired) electrons. The summed E-state index contributed by atoms with van der Waals surface area (Å²) in [4.78, 5) is 26.2. The van der Waals surface area contributed by atoms with Gasteiger partial charge in [-0.1, -0.05) is 30.3 Å². The lowest BCUT2D eigenvalue weighted by atomic mass is 9.92. The number of carbonyl (C=O) groups excluding carboxylic acids is 2. The minimum atomic E-state index is -4.80. The molecular formula is C20H19F3N2O4. The van der Waals surface area contributed by atoms with E-state index in [-0.39, 0.29) is 6.54 Å². The maximum atomic E-state index is 12.8. The van der Waals surface area contributed by atoms with Gasteiger partial charge in [-0.25, -0.2) is 4.79 Å². The van der Waals surface area contributed by atoms with E-state index in [9.17, 15) is 22.8 Å². The van der Waals surface area contributed by atoms with Gasteiger partial charge in [0.25, 0.3) is 5.91 Å². The fraction of sp³-hybridized carbons (Fsp3) is 0.300. The Morgan fingerprint density at radius 2 is 1.66 bits per heavy atom. The topological polar surface area (TPSA) is 67.9 Å². The van der Waals surface area contributed by atoms with Crippen LogP contribution in [0.3, 0.4) is 0 Å². The monoisotopic (exact) mass is 408 g/mol. The Kier molecular flexibility index (Phi) is 5.67. The highest BCUT2D eigenvalue weighted by molar-refractivity contribution is 6.07. The van der Waals surface area contributed by atoms with Crippen LogP contribution in [0.4, 0.5) is 18.0 Å². The molecule has 154 valence electrons. The highest BCUT2D eigenvalue weighted by Crippen LogP contribution is 2.31. The lowest BCUT2D eigenvalue weighted by Crippen LogP contribution is -2.41. The minimum absolute atomic E-state index is 0.155. The third kappa shape index (κ3) is 4.79. The fourth-order valence-corrected chi connectivity index (χ4v) is 3.02. The van der Waals surface area contributed by atoms with Gasteiger partial charge in [0.1, 0.15) is 17.0 Å². The molecule has 1 aliphatic rings. The van der Waals surface area contributed by atoms with Crippen molar-refractivity contribution in [3.63, 3.8) is 0 Å². The zero-order valence-electron chi connectivity index (χ0n) is 15.5. The number of urea groups is 1. The lowest BCUT2D eigenvalue weighted by Gasteiger charge is -2.22. The molecule has 1 fully saturated rings. The van der Waals surface area contributed by atoms with Gasteiger partial charge in [-0.2, -0.15) is 0 Å². The van der Waals surface area contributed by atoms with Gasteiger partial charge in [0.05, 0.1) is 6.61 Å². The van der Waals surface area contributed by atoms with Crippen LogP contribution in [-0.4, -0.2) is 36.4 Å². The van der Waals surface area contributed by atoms with Crippen molar-refractivity contribution in [3.8, 4) is 11.5 Å². The molecule has 0 aromatic heterocycles. The van der Waals surface area contributed by atoms with Gasteiger partial charge in [-0.15, -0.1) is 13.2 Å². The SMILES string of the molecule is CC1(c2ccc(OC(F)(F)F)cc2)NC(=O)N(CCCOc2ccccc2)C1=O. The average molecular weight is 408 g/mol. The van der Waals surface area contributed by atoms with Crippen molar-refractivity contribution in [3.05, 3.63) is 60.2 Å². The molecule has 0 bridgehead atoms. The van der Waals surface area contributed by atoms with E-state index in [1.54, 1.807) is 12.1 Å². The maximum absolute atomic E-state index is 12.8. The number of carbonyl (C=O) groups is 2. The number of amides is 3. The number of hydrogen-bond acceptors (Lipinski definition) is 4. The highest BCUT2D eigenvalue weighted by atomic mass is 19.4. The standard InChI is InChI=1S/C20H19F3N2O4/c1-19(14-8-10-16(11-9-14)29-20(21,22)23)17(26)25(18(27)24-19)12-5-13-28-15-6-3-2-4-7-15/h2-4,6-11H,5,12-13H2,1H3,(H,24,27). The molecule has 6 nitrogen and oxygen atoms in total. The number of para-hydroxylation sites is 1. The Labute approximate surface area is 165 Å². The number of imide groups is 1. The summed E-state index contributed by atoms with van der Waals surface area (Å²) in [5, 5.41) is 2.61. The molecule has 2 aromatic rings. The quantitative estimate of drug-likeness (QED) is 0.559. The molecule has 2 aromatic carbocycles. The summed E-state index contributed by atoms with van der Waals surface area (Å²) in [7, 11) is 0. The van der Waals surface area contributed by atoms with Gasteiger partial charge < -0.3 is 14.8 Å². The molecule has 3 rings (SSSR count). The predicted octanol–water partition coefficient (Wildman–Crippen LogP) is 3.82. The number of hydrogen-bond donors (Lipinski definition) is 1. The zero-order chi connectivity index (χ0) is 21.1. The Morgan fingerprint density at radius 3 is 2.28 bits per heavy atom. The summed E-state index contributed by atoms with van der Waals surface area (Å²) in [6, 6.07) is 13.4. The van der Waals surface area contributed by atoms with E-state index >= 15 is 0 Å². The number of ether oxygens (including phenoxy) is 2. The minimum Gasteiger partial charge on any atom is -0.494 e. The number of rotatable bonds is 7. The smallest absolute Gasteiger partial charge is 0.494 e. The second-order valence-corrected chi connectivity index (χ2v) is 6.60. The van der Waals surface area contributed by atoms with Gasteiger partial charge in [0.2, 0.25) is 0 Å². The number of alkyl halides is 3. The van der Waals surface area contributed by atoms with E-state index in [1.807, 2.05) is 18.2 Å². The molecule has 1 saturated heterocycles. The predicted molar refractivity (Wildman–Crippen MR) is 97.3 cm³/mol. The second-order valence-electron chi connectivity index (χ2n) is 6.60. The molecule has 1 atom stereocenters.